The van der Waals surface area contributed by atoms with Crippen LogP contribution >= 0.6 is 0 Å². The average Bonchev–Trinajstić information content (AvgIpc) is 3.52. The first-order chi connectivity index (χ1) is 19.8. The lowest BCUT2D eigenvalue weighted by Crippen LogP contribution is -2.03. The molecule has 6 aromatic carbocycles. The summed E-state index contributed by atoms with van der Waals surface area (Å²) in [7, 11) is 0. The van der Waals surface area contributed by atoms with Gasteiger partial charge in [-0.15, -0.1) is 0 Å². The highest BCUT2D eigenvalue weighted by Gasteiger charge is 2.24. The second kappa shape index (κ2) is 8.11. The molecule has 0 aliphatic heterocycles. The van der Waals surface area contributed by atoms with E-state index < -0.39 is 0 Å². The minimum Gasteiger partial charge on any atom is -0.292 e. The standard InChI is InChI=1S/C37H23N3/c1-2-10-23(11-3-1)36-37(39-33-16-8-7-15-32(33)38-36)40-34-17-9-6-14-28(34)31-22-30-27(21-35(31)40)19-26-18-24-12-4-5-13-25(24)20-29(26)30/h1-18,20-22H,19H2. The lowest BCUT2D eigenvalue weighted by atomic mass is 9.99. The number of nitrogens with zero attached hydrogens (tertiary/aromatic N) is 3. The average molecular weight is 510 g/mol. The van der Waals surface area contributed by atoms with Crippen molar-refractivity contribution < 1.29 is 0 Å². The van der Waals surface area contributed by atoms with Gasteiger partial charge >= 0.3 is 0 Å². The SMILES string of the molecule is c1ccc(-c2nc3ccccc3nc2-n2c3ccccc3c3cc4c(cc32)Cc2cc3ccccc3cc2-4)cc1. The molecule has 0 unspecified atom stereocenters. The molecule has 2 heterocycles. The van der Waals surface area contributed by atoms with Gasteiger partial charge in [0.05, 0.1) is 22.1 Å². The quantitative estimate of drug-likeness (QED) is 0.233. The molecule has 0 fully saturated rings. The summed E-state index contributed by atoms with van der Waals surface area (Å²) in [6.07, 6.45) is 0.932. The van der Waals surface area contributed by atoms with E-state index in [1.54, 1.807) is 0 Å². The highest BCUT2D eigenvalue weighted by atomic mass is 15.1. The molecule has 0 amide bonds. The van der Waals surface area contributed by atoms with E-state index in [2.05, 4.69) is 102 Å². The van der Waals surface area contributed by atoms with E-state index in [0.717, 1.165) is 40.0 Å². The Kier molecular flexibility index (Phi) is 4.39. The smallest absolute Gasteiger partial charge is 0.165 e. The van der Waals surface area contributed by atoms with Gasteiger partial charge < -0.3 is 0 Å². The van der Waals surface area contributed by atoms with Crippen molar-refractivity contribution in [2.24, 2.45) is 0 Å². The fourth-order valence-corrected chi connectivity index (χ4v) is 6.51. The molecular formula is C37H23N3. The number of para-hydroxylation sites is 3. The number of rotatable bonds is 2. The topological polar surface area (TPSA) is 30.7 Å². The third kappa shape index (κ3) is 3.06. The molecule has 3 heteroatoms. The van der Waals surface area contributed by atoms with E-state index >= 15 is 0 Å². The lowest BCUT2D eigenvalue weighted by Gasteiger charge is -2.14. The summed E-state index contributed by atoms with van der Waals surface area (Å²) in [5, 5.41) is 5.05. The van der Waals surface area contributed by atoms with E-state index in [-0.39, 0.29) is 0 Å². The van der Waals surface area contributed by atoms with E-state index in [1.807, 2.05) is 30.3 Å². The van der Waals surface area contributed by atoms with Crippen LogP contribution in [0.5, 0.6) is 0 Å². The largest absolute Gasteiger partial charge is 0.292 e. The Morgan fingerprint density at radius 2 is 1.15 bits per heavy atom. The lowest BCUT2D eigenvalue weighted by molar-refractivity contribution is 1.08. The predicted molar refractivity (Wildman–Crippen MR) is 165 cm³/mol. The van der Waals surface area contributed by atoms with Gasteiger partial charge in [0.1, 0.15) is 5.69 Å². The second-order valence-corrected chi connectivity index (χ2v) is 10.7. The number of hydrogen-bond acceptors (Lipinski definition) is 2. The molecule has 0 radical (unpaired) electrons. The summed E-state index contributed by atoms with van der Waals surface area (Å²) in [6.45, 7) is 0. The van der Waals surface area contributed by atoms with Crippen LogP contribution in [-0.2, 0) is 6.42 Å². The molecule has 186 valence electrons. The Labute approximate surface area is 231 Å². The molecule has 9 rings (SSSR count). The molecular weight excluding hydrogens is 486 g/mol. The summed E-state index contributed by atoms with van der Waals surface area (Å²) in [4.78, 5) is 10.4. The first-order valence-corrected chi connectivity index (χ1v) is 13.7. The first-order valence-electron chi connectivity index (χ1n) is 13.7. The van der Waals surface area contributed by atoms with Crippen LogP contribution in [0.4, 0.5) is 0 Å². The molecule has 8 aromatic rings. The fourth-order valence-electron chi connectivity index (χ4n) is 6.51. The Hall–Kier alpha value is -5.28. The van der Waals surface area contributed by atoms with Crippen LogP contribution in [-0.4, -0.2) is 14.5 Å². The van der Waals surface area contributed by atoms with Gasteiger partial charge in [0.15, 0.2) is 5.82 Å². The normalized spacial score (nSPS) is 12.4. The minimum absolute atomic E-state index is 0.859. The zero-order chi connectivity index (χ0) is 26.2. The Bertz CT molecular complexity index is 2290. The molecule has 0 bridgehead atoms. The molecule has 1 aliphatic carbocycles. The van der Waals surface area contributed by atoms with Crippen LogP contribution in [0.25, 0.3) is 71.8 Å². The van der Waals surface area contributed by atoms with Crippen molar-refractivity contribution in [3.8, 4) is 28.2 Å². The maximum absolute atomic E-state index is 5.26. The van der Waals surface area contributed by atoms with E-state index in [4.69, 9.17) is 9.97 Å². The van der Waals surface area contributed by atoms with Crippen LogP contribution in [0.2, 0.25) is 0 Å². The van der Waals surface area contributed by atoms with Gasteiger partial charge in [-0.25, -0.2) is 9.97 Å². The van der Waals surface area contributed by atoms with E-state index in [1.165, 1.54) is 49.3 Å². The van der Waals surface area contributed by atoms with Crippen molar-refractivity contribution in [1.29, 1.82) is 0 Å². The highest BCUT2D eigenvalue weighted by Crippen LogP contribution is 2.44. The van der Waals surface area contributed by atoms with Crippen LogP contribution in [0, 0.1) is 0 Å². The van der Waals surface area contributed by atoms with Gasteiger partial charge in [-0.2, -0.15) is 0 Å². The van der Waals surface area contributed by atoms with E-state index in [0.29, 0.717) is 0 Å². The Morgan fingerprint density at radius 1 is 0.500 bits per heavy atom. The van der Waals surface area contributed by atoms with Crippen molar-refractivity contribution in [3.05, 3.63) is 139 Å². The summed E-state index contributed by atoms with van der Waals surface area (Å²) in [6, 6.07) is 45.4. The zero-order valence-electron chi connectivity index (χ0n) is 21.7. The maximum atomic E-state index is 5.26. The molecule has 0 saturated carbocycles. The van der Waals surface area contributed by atoms with Crippen molar-refractivity contribution in [2.75, 3.05) is 0 Å². The van der Waals surface area contributed by atoms with Crippen molar-refractivity contribution >= 4 is 43.6 Å². The summed E-state index contributed by atoms with van der Waals surface area (Å²) in [5.74, 6) is 0.859. The molecule has 1 aliphatic rings. The van der Waals surface area contributed by atoms with Crippen molar-refractivity contribution in [2.45, 2.75) is 6.42 Å². The van der Waals surface area contributed by atoms with Crippen molar-refractivity contribution in [1.82, 2.24) is 14.5 Å². The third-order valence-electron chi connectivity index (χ3n) is 8.35. The summed E-state index contributed by atoms with van der Waals surface area (Å²) in [5.41, 5.74) is 11.5. The number of hydrogen-bond donors (Lipinski definition) is 0. The van der Waals surface area contributed by atoms with Gasteiger partial charge in [-0.3, -0.25) is 4.57 Å². The van der Waals surface area contributed by atoms with Crippen LogP contribution in [0.3, 0.4) is 0 Å². The monoisotopic (exact) mass is 509 g/mol. The van der Waals surface area contributed by atoms with Crippen molar-refractivity contribution in [3.63, 3.8) is 0 Å². The van der Waals surface area contributed by atoms with Gasteiger partial charge in [0.2, 0.25) is 0 Å². The zero-order valence-corrected chi connectivity index (χ0v) is 21.7. The van der Waals surface area contributed by atoms with Gasteiger partial charge in [-0.05, 0) is 75.8 Å². The molecule has 0 saturated heterocycles. The first kappa shape index (κ1) is 21.6. The number of benzene rings is 6. The van der Waals surface area contributed by atoms with Gasteiger partial charge in [0, 0.05) is 16.3 Å². The minimum atomic E-state index is 0.859. The molecule has 40 heavy (non-hydrogen) atoms. The molecule has 0 spiro atoms. The molecule has 0 N–H and O–H groups in total. The Balaban J connectivity index is 1.37. The van der Waals surface area contributed by atoms with Crippen LogP contribution in [0.15, 0.2) is 127 Å². The van der Waals surface area contributed by atoms with Gasteiger partial charge in [-0.1, -0.05) is 91.0 Å². The molecule has 3 nitrogen and oxygen atoms in total. The summed E-state index contributed by atoms with van der Waals surface area (Å²) >= 11 is 0. The number of aromatic nitrogens is 3. The predicted octanol–water partition coefficient (Wildman–Crippen LogP) is 9.12. The summed E-state index contributed by atoms with van der Waals surface area (Å²) < 4.78 is 2.33. The van der Waals surface area contributed by atoms with Crippen LogP contribution in [0.1, 0.15) is 11.1 Å². The van der Waals surface area contributed by atoms with Crippen LogP contribution < -0.4 is 0 Å². The highest BCUT2D eigenvalue weighted by molar-refractivity contribution is 6.12. The maximum Gasteiger partial charge on any atom is 0.165 e. The molecule has 0 atom stereocenters. The number of fused-ring (bicyclic) bond motifs is 8. The third-order valence-corrected chi connectivity index (χ3v) is 8.35. The van der Waals surface area contributed by atoms with E-state index in [9.17, 15) is 0 Å². The Morgan fingerprint density at radius 3 is 2.00 bits per heavy atom. The molecule has 2 aromatic heterocycles. The van der Waals surface area contributed by atoms with Gasteiger partial charge in [0.25, 0.3) is 0 Å². The second-order valence-electron chi connectivity index (χ2n) is 10.7. The fraction of sp³-hybridized carbons (Fsp3) is 0.0270.